The maximum atomic E-state index is 13.9. The van der Waals surface area contributed by atoms with Crippen molar-refractivity contribution >= 4 is 13.7 Å². The molecule has 0 bridgehead atoms. The lowest BCUT2D eigenvalue weighted by molar-refractivity contribution is -0.156. The van der Waals surface area contributed by atoms with Crippen LogP contribution in [0.2, 0.25) is 0 Å². The fourth-order valence-electron chi connectivity index (χ4n) is 3.76. The molecule has 2 aromatic rings. The number of azide groups is 1. The molecule has 3 N–H and O–H groups in total. The number of esters is 1. The van der Waals surface area contributed by atoms with Gasteiger partial charge in [-0.05, 0) is 45.4 Å². The third-order valence-electron chi connectivity index (χ3n) is 5.60. The Bertz CT molecular complexity index is 1380. The van der Waals surface area contributed by atoms with Gasteiger partial charge in [0, 0.05) is 23.1 Å². The molecular formula is C23H31N6O9P. The van der Waals surface area contributed by atoms with Crippen LogP contribution in [0.4, 0.5) is 0 Å². The summed E-state index contributed by atoms with van der Waals surface area (Å²) in [7, 11) is -4.43. The molecule has 1 aliphatic heterocycles. The fourth-order valence-corrected chi connectivity index (χ4v) is 5.28. The number of nitrogens with one attached hydrogen (secondary N) is 2. The number of hydrogen-bond acceptors (Lipinski definition) is 10. The molecule has 1 saturated heterocycles. The van der Waals surface area contributed by atoms with Gasteiger partial charge in [-0.1, -0.05) is 30.2 Å². The number of aliphatic hydroxyl groups is 1. The van der Waals surface area contributed by atoms with Crippen molar-refractivity contribution < 1.29 is 33.0 Å². The first kappa shape index (κ1) is 30.1. The van der Waals surface area contributed by atoms with Gasteiger partial charge in [0.2, 0.25) is 0 Å². The minimum absolute atomic E-state index is 0.126. The van der Waals surface area contributed by atoms with E-state index in [1.165, 1.54) is 26.0 Å². The van der Waals surface area contributed by atoms with Gasteiger partial charge in [-0.15, -0.1) is 0 Å². The third kappa shape index (κ3) is 7.35. The van der Waals surface area contributed by atoms with Gasteiger partial charge in [0.25, 0.3) is 5.56 Å². The van der Waals surface area contributed by atoms with Crippen molar-refractivity contribution in [1.29, 1.82) is 0 Å². The Labute approximate surface area is 223 Å². The first-order chi connectivity index (χ1) is 18.2. The average Bonchev–Trinajstić information content (AvgIpc) is 3.08. The molecule has 2 heterocycles. The second-order valence-electron chi connectivity index (χ2n) is 9.92. The van der Waals surface area contributed by atoms with Crippen molar-refractivity contribution in [3.05, 3.63) is 73.9 Å². The summed E-state index contributed by atoms with van der Waals surface area (Å²) in [6, 6.07) is 7.86. The Balaban J connectivity index is 1.91. The number of rotatable bonds is 10. The summed E-state index contributed by atoms with van der Waals surface area (Å²) in [5, 5.41) is 17.1. The summed E-state index contributed by atoms with van der Waals surface area (Å²) < 4.78 is 37.2. The molecule has 3 rings (SSSR count). The molecule has 212 valence electrons. The molecule has 0 amide bonds. The highest BCUT2D eigenvalue weighted by Crippen LogP contribution is 2.49. The van der Waals surface area contributed by atoms with E-state index in [0.29, 0.717) is 0 Å². The van der Waals surface area contributed by atoms with E-state index < -0.39 is 67.2 Å². The van der Waals surface area contributed by atoms with Crippen LogP contribution < -0.4 is 20.9 Å². The van der Waals surface area contributed by atoms with E-state index in [2.05, 4.69) is 20.1 Å². The summed E-state index contributed by atoms with van der Waals surface area (Å²) in [6.45, 7) is 7.11. The zero-order valence-corrected chi connectivity index (χ0v) is 22.9. The Kier molecular flexibility index (Phi) is 9.06. The molecular weight excluding hydrogens is 535 g/mol. The van der Waals surface area contributed by atoms with Gasteiger partial charge in [-0.3, -0.25) is 23.7 Å². The summed E-state index contributed by atoms with van der Waals surface area (Å²) in [5.74, 6) is -1.47. The van der Waals surface area contributed by atoms with Crippen LogP contribution in [-0.2, 0) is 23.4 Å². The van der Waals surface area contributed by atoms with Gasteiger partial charge in [0.1, 0.15) is 23.6 Å². The summed E-state index contributed by atoms with van der Waals surface area (Å²) >= 11 is 0. The van der Waals surface area contributed by atoms with Gasteiger partial charge in [-0.2, -0.15) is 5.09 Å². The minimum atomic E-state index is -4.43. The molecule has 1 fully saturated rings. The predicted octanol–water partition coefficient (Wildman–Crippen LogP) is 2.59. The first-order valence-corrected chi connectivity index (χ1v) is 13.5. The monoisotopic (exact) mass is 566 g/mol. The molecule has 0 spiro atoms. The minimum Gasteiger partial charge on any atom is -0.459 e. The summed E-state index contributed by atoms with van der Waals surface area (Å²) in [6.07, 6.45) is -1.58. The van der Waals surface area contributed by atoms with E-state index in [-0.39, 0.29) is 5.75 Å². The maximum Gasteiger partial charge on any atom is 0.459 e. The summed E-state index contributed by atoms with van der Waals surface area (Å²) in [5.41, 5.74) is 4.80. The second kappa shape index (κ2) is 11.7. The Hall–Kier alpha value is -3.45. The normalized spacial score (nSPS) is 25.2. The molecule has 6 atom stereocenters. The van der Waals surface area contributed by atoms with Crippen LogP contribution in [0.15, 0.2) is 57.3 Å². The number of hydrogen-bond donors (Lipinski definition) is 3. The van der Waals surface area contributed by atoms with E-state index >= 15 is 0 Å². The standard InChI is InChI=1S/C23H31N6O9P/c1-14-18(31)23(27-28-24,36-19(14)29-12-11-17(30)25-21(29)33)13-35-39(34,38-16-9-7-6-8-10-16)26-15(2)20(32)37-22(3,4)5/h6-12,14-15,18-19,31H,13H2,1-5H3,(H,26,34)(H,25,30,33)/t14-,15-,18-,19+,23+,39?/m0/s1. The number of para-hydroxylation sites is 1. The molecule has 16 heteroatoms. The van der Waals surface area contributed by atoms with Crippen molar-refractivity contribution in [3.8, 4) is 5.75 Å². The van der Waals surface area contributed by atoms with Gasteiger partial charge in [0.05, 0.1) is 12.7 Å². The SMILES string of the molecule is C[C@@H]1[C@H](n2ccc(=O)[nH]c2=O)O[C@@](COP(=O)(N[C@@H](C)C(=O)OC(C)(C)C)Oc2ccccc2)(N=[N+]=[N-])[C@H]1O. The van der Waals surface area contributed by atoms with Crippen molar-refractivity contribution in [1.82, 2.24) is 14.6 Å². The first-order valence-electron chi connectivity index (χ1n) is 11.9. The van der Waals surface area contributed by atoms with Crippen LogP contribution in [0.25, 0.3) is 10.4 Å². The third-order valence-corrected chi connectivity index (χ3v) is 7.22. The van der Waals surface area contributed by atoms with Crippen molar-refractivity contribution in [2.75, 3.05) is 6.61 Å². The second-order valence-corrected chi connectivity index (χ2v) is 11.6. The number of benzene rings is 1. The zero-order valence-electron chi connectivity index (χ0n) is 22.0. The number of aliphatic hydroxyl groups excluding tert-OH is 1. The van der Waals surface area contributed by atoms with E-state index in [4.69, 9.17) is 18.5 Å². The van der Waals surface area contributed by atoms with Crippen LogP contribution in [-0.4, -0.2) is 50.7 Å². The molecule has 0 radical (unpaired) electrons. The van der Waals surface area contributed by atoms with E-state index in [1.807, 2.05) is 0 Å². The molecule has 39 heavy (non-hydrogen) atoms. The maximum absolute atomic E-state index is 13.9. The van der Waals surface area contributed by atoms with Gasteiger partial charge in [-0.25, -0.2) is 9.36 Å². The molecule has 1 unspecified atom stereocenters. The lowest BCUT2D eigenvalue weighted by Crippen LogP contribution is -2.44. The van der Waals surface area contributed by atoms with Crippen LogP contribution >= 0.6 is 7.75 Å². The smallest absolute Gasteiger partial charge is 0.459 e. The number of aromatic amines is 1. The lowest BCUT2D eigenvalue weighted by Gasteiger charge is -2.30. The Morgan fingerprint density at radius 3 is 2.59 bits per heavy atom. The number of nitrogens with zero attached hydrogens (tertiary/aromatic N) is 4. The lowest BCUT2D eigenvalue weighted by atomic mass is 9.98. The molecule has 1 aromatic heterocycles. The number of carbonyl (C=O) groups excluding carboxylic acids is 1. The van der Waals surface area contributed by atoms with E-state index in [9.17, 15) is 29.6 Å². The fraction of sp³-hybridized carbons (Fsp3) is 0.522. The predicted molar refractivity (Wildman–Crippen MR) is 138 cm³/mol. The van der Waals surface area contributed by atoms with E-state index in [0.717, 1.165) is 16.8 Å². The highest BCUT2D eigenvalue weighted by Gasteiger charge is 2.55. The van der Waals surface area contributed by atoms with Crippen molar-refractivity contribution in [3.63, 3.8) is 0 Å². The highest BCUT2D eigenvalue weighted by molar-refractivity contribution is 7.52. The Morgan fingerprint density at radius 2 is 2.00 bits per heavy atom. The zero-order chi connectivity index (χ0) is 29.0. The van der Waals surface area contributed by atoms with Crippen LogP contribution in [0.5, 0.6) is 5.75 Å². The van der Waals surface area contributed by atoms with Gasteiger partial charge in [0.15, 0.2) is 5.72 Å². The topological polar surface area (TPSA) is 207 Å². The van der Waals surface area contributed by atoms with E-state index in [1.54, 1.807) is 39.0 Å². The van der Waals surface area contributed by atoms with Gasteiger partial charge < -0.3 is 19.1 Å². The molecule has 1 aliphatic rings. The van der Waals surface area contributed by atoms with Crippen LogP contribution in [0.1, 0.15) is 40.8 Å². The molecule has 0 saturated carbocycles. The van der Waals surface area contributed by atoms with Crippen molar-refractivity contribution in [2.45, 2.75) is 64.3 Å². The highest BCUT2D eigenvalue weighted by atomic mass is 31.2. The molecule has 1 aromatic carbocycles. The summed E-state index contributed by atoms with van der Waals surface area (Å²) in [4.78, 5) is 41.2. The molecule has 0 aliphatic carbocycles. The quantitative estimate of drug-likeness (QED) is 0.126. The average molecular weight is 567 g/mol. The van der Waals surface area contributed by atoms with Crippen molar-refractivity contribution in [2.24, 2.45) is 11.0 Å². The molecule has 15 nitrogen and oxygen atoms in total. The number of aromatic nitrogens is 2. The van der Waals surface area contributed by atoms with Gasteiger partial charge >= 0.3 is 19.4 Å². The van der Waals surface area contributed by atoms with Crippen LogP contribution in [0, 0.1) is 5.92 Å². The number of ether oxygens (including phenoxy) is 2. The largest absolute Gasteiger partial charge is 0.459 e. The number of carbonyl (C=O) groups is 1. The number of H-pyrrole nitrogens is 1. The Morgan fingerprint density at radius 1 is 1.33 bits per heavy atom. The van der Waals surface area contributed by atoms with Crippen LogP contribution in [0.3, 0.4) is 0 Å².